The molecule has 2 aliphatic rings. The first kappa shape index (κ1) is 21.8. The topological polar surface area (TPSA) is 114 Å². The molecule has 0 radical (unpaired) electrons. The lowest BCUT2D eigenvalue weighted by atomic mass is 9.98. The standard InChI is InChI=1S/C24H26N2O6/c27-22(26-21-14-31-12-20(21)23(28)29)10-5-11-25-24(30)32-13-19-17-8-3-1-6-15(17)16-7-2-4-9-18(16)19/h1-4,6-9,19-21H,5,10-14H2,(H,25,30)(H,26,27)(H,28,29). The van der Waals surface area contributed by atoms with Crippen LogP contribution in [-0.2, 0) is 19.1 Å². The van der Waals surface area contributed by atoms with Gasteiger partial charge in [0.2, 0.25) is 5.91 Å². The first-order chi connectivity index (χ1) is 15.5. The van der Waals surface area contributed by atoms with Crippen molar-refractivity contribution in [2.75, 3.05) is 26.4 Å². The molecule has 1 aliphatic carbocycles. The molecular formula is C24H26N2O6. The number of carbonyl (C=O) groups is 3. The molecule has 2 amide bonds. The van der Waals surface area contributed by atoms with E-state index < -0.39 is 24.0 Å². The number of aliphatic carboxylic acids is 1. The molecule has 1 saturated heterocycles. The third kappa shape index (κ3) is 4.75. The second-order valence-corrected chi connectivity index (χ2v) is 8.01. The quantitative estimate of drug-likeness (QED) is 0.546. The highest BCUT2D eigenvalue weighted by Crippen LogP contribution is 2.44. The van der Waals surface area contributed by atoms with Crippen molar-refractivity contribution in [1.29, 1.82) is 0 Å². The lowest BCUT2D eigenvalue weighted by molar-refractivity contribution is -0.142. The van der Waals surface area contributed by atoms with Gasteiger partial charge >= 0.3 is 12.1 Å². The van der Waals surface area contributed by atoms with Crippen LogP contribution in [0.4, 0.5) is 4.79 Å². The van der Waals surface area contributed by atoms with Crippen molar-refractivity contribution in [2.24, 2.45) is 5.92 Å². The second-order valence-electron chi connectivity index (χ2n) is 8.01. The summed E-state index contributed by atoms with van der Waals surface area (Å²) in [5, 5.41) is 14.5. The Hall–Kier alpha value is -3.39. The molecule has 3 N–H and O–H groups in total. The minimum atomic E-state index is -0.982. The number of carboxylic acid groups (broad SMARTS) is 1. The van der Waals surface area contributed by atoms with Crippen LogP contribution >= 0.6 is 0 Å². The fraction of sp³-hybridized carbons (Fsp3) is 0.375. The highest BCUT2D eigenvalue weighted by Gasteiger charge is 2.35. The third-order valence-corrected chi connectivity index (χ3v) is 5.94. The van der Waals surface area contributed by atoms with E-state index in [0.29, 0.717) is 6.42 Å². The molecule has 0 aromatic heterocycles. The fourth-order valence-corrected chi connectivity index (χ4v) is 4.31. The number of nitrogens with one attached hydrogen (secondary N) is 2. The zero-order chi connectivity index (χ0) is 22.5. The van der Waals surface area contributed by atoms with E-state index >= 15 is 0 Å². The van der Waals surface area contributed by atoms with Gasteiger partial charge in [-0.2, -0.15) is 0 Å². The van der Waals surface area contributed by atoms with Crippen molar-refractivity contribution in [3.63, 3.8) is 0 Å². The lowest BCUT2D eigenvalue weighted by Crippen LogP contribution is -2.42. The molecule has 0 bridgehead atoms. The Morgan fingerprint density at radius 2 is 1.66 bits per heavy atom. The largest absolute Gasteiger partial charge is 0.481 e. The zero-order valence-electron chi connectivity index (χ0n) is 17.6. The van der Waals surface area contributed by atoms with Gasteiger partial charge in [0.25, 0.3) is 0 Å². The van der Waals surface area contributed by atoms with Crippen LogP contribution in [0.5, 0.6) is 0 Å². The molecule has 0 spiro atoms. The smallest absolute Gasteiger partial charge is 0.407 e. The number of ether oxygens (including phenoxy) is 2. The maximum absolute atomic E-state index is 12.1. The number of fused-ring (bicyclic) bond motifs is 3. The normalized spacial score (nSPS) is 19.1. The van der Waals surface area contributed by atoms with E-state index in [1.54, 1.807) is 0 Å². The monoisotopic (exact) mass is 438 g/mol. The van der Waals surface area contributed by atoms with Crippen molar-refractivity contribution in [3.05, 3.63) is 59.7 Å². The summed E-state index contributed by atoms with van der Waals surface area (Å²) in [5.41, 5.74) is 4.63. The predicted octanol–water partition coefficient (Wildman–Crippen LogP) is 2.52. The minimum Gasteiger partial charge on any atom is -0.481 e. The SMILES string of the molecule is O=C(CCCNC(=O)OCC1c2ccccc2-c2ccccc21)NC1COCC1C(=O)O. The minimum absolute atomic E-state index is 0.00487. The molecule has 32 heavy (non-hydrogen) atoms. The molecule has 2 unspecified atom stereocenters. The maximum atomic E-state index is 12.1. The Kier molecular flexibility index (Phi) is 6.70. The van der Waals surface area contributed by atoms with Gasteiger partial charge < -0.3 is 25.2 Å². The van der Waals surface area contributed by atoms with Crippen molar-refractivity contribution < 1.29 is 29.0 Å². The van der Waals surface area contributed by atoms with Gasteiger partial charge in [-0.15, -0.1) is 0 Å². The van der Waals surface area contributed by atoms with Crippen LogP contribution in [0.3, 0.4) is 0 Å². The van der Waals surface area contributed by atoms with Crippen molar-refractivity contribution >= 4 is 18.0 Å². The van der Waals surface area contributed by atoms with Crippen molar-refractivity contribution in [1.82, 2.24) is 10.6 Å². The number of hydrogen-bond donors (Lipinski definition) is 3. The number of alkyl carbamates (subject to hydrolysis) is 1. The molecule has 2 aromatic carbocycles. The van der Waals surface area contributed by atoms with Gasteiger partial charge in [-0.3, -0.25) is 9.59 Å². The molecule has 168 valence electrons. The third-order valence-electron chi connectivity index (χ3n) is 5.94. The van der Waals surface area contributed by atoms with Gasteiger partial charge in [0.1, 0.15) is 12.5 Å². The molecule has 0 saturated carbocycles. The summed E-state index contributed by atoms with van der Waals surface area (Å²) in [6.07, 6.45) is 0.0656. The Morgan fingerprint density at radius 1 is 1.00 bits per heavy atom. The van der Waals surface area contributed by atoms with E-state index in [1.807, 2.05) is 24.3 Å². The highest BCUT2D eigenvalue weighted by atomic mass is 16.5. The van der Waals surface area contributed by atoms with Crippen LogP contribution in [0.1, 0.15) is 29.9 Å². The number of benzene rings is 2. The first-order valence-corrected chi connectivity index (χ1v) is 10.7. The van der Waals surface area contributed by atoms with Crippen LogP contribution in [0.2, 0.25) is 0 Å². The molecule has 2 aromatic rings. The summed E-state index contributed by atoms with van der Waals surface area (Å²) in [5.74, 6) is -1.97. The van der Waals surface area contributed by atoms with E-state index in [9.17, 15) is 14.4 Å². The van der Waals surface area contributed by atoms with Gasteiger partial charge in [0.05, 0.1) is 19.3 Å². The van der Waals surface area contributed by atoms with E-state index in [2.05, 4.69) is 34.9 Å². The van der Waals surface area contributed by atoms with Gasteiger partial charge in [0, 0.05) is 18.9 Å². The van der Waals surface area contributed by atoms with Crippen LogP contribution in [-0.4, -0.2) is 55.5 Å². The second kappa shape index (κ2) is 9.82. The summed E-state index contributed by atoms with van der Waals surface area (Å²) in [6.45, 7) is 0.816. The lowest BCUT2D eigenvalue weighted by Gasteiger charge is -2.16. The molecule has 2 atom stereocenters. The van der Waals surface area contributed by atoms with E-state index in [4.69, 9.17) is 14.6 Å². The van der Waals surface area contributed by atoms with Crippen LogP contribution in [0, 0.1) is 5.92 Å². The van der Waals surface area contributed by atoms with Crippen molar-refractivity contribution in [2.45, 2.75) is 24.8 Å². The van der Waals surface area contributed by atoms with Crippen LogP contribution in [0.15, 0.2) is 48.5 Å². The van der Waals surface area contributed by atoms with Gasteiger partial charge in [-0.25, -0.2) is 4.79 Å². The number of amides is 2. The molecule has 1 fully saturated rings. The number of carboxylic acids is 1. The fourth-order valence-electron chi connectivity index (χ4n) is 4.31. The molecular weight excluding hydrogens is 412 g/mol. The average Bonchev–Trinajstić information content (AvgIpc) is 3.38. The van der Waals surface area contributed by atoms with Crippen molar-refractivity contribution in [3.8, 4) is 11.1 Å². The van der Waals surface area contributed by atoms with Crippen LogP contribution in [0.25, 0.3) is 11.1 Å². The first-order valence-electron chi connectivity index (χ1n) is 10.7. The number of rotatable bonds is 8. The Morgan fingerprint density at radius 3 is 2.31 bits per heavy atom. The summed E-state index contributed by atoms with van der Waals surface area (Å²) >= 11 is 0. The summed E-state index contributed by atoms with van der Waals surface area (Å²) in [6, 6.07) is 15.7. The summed E-state index contributed by atoms with van der Waals surface area (Å²) in [7, 11) is 0. The van der Waals surface area contributed by atoms with E-state index in [1.165, 1.54) is 11.1 Å². The van der Waals surface area contributed by atoms with E-state index in [0.717, 1.165) is 11.1 Å². The molecule has 8 nitrogen and oxygen atoms in total. The predicted molar refractivity (Wildman–Crippen MR) is 116 cm³/mol. The van der Waals surface area contributed by atoms with Gasteiger partial charge in [0.15, 0.2) is 0 Å². The Labute approximate surface area is 185 Å². The average molecular weight is 438 g/mol. The van der Waals surface area contributed by atoms with Crippen LogP contribution < -0.4 is 10.6 Å². The highest BCUT2D eigenvalue weighted by molar-refractivity contribution is 5.79. The van der Waals surface area contributed by atoms with Gasteiger partial charge in [-0.05, 0) is 28.7 Å². The van der Waals surface area contributed by atoms with E-state index in [-0.39, 0.29) is 44.6 Å². The Bertz CT molecular complexity index is 962. The van der Waals surface area contributed by atoms with Gasteiger partial charge in [-0.1, -0.05) is 48.5 Å². The molecule has 1 aliphatic heterocycles. The summed E-state index contributed by atoms with van der Waals surface area (Å²) < 4.78 is 10.6. The maximum Gasteiger partial charge on any atom is 0.407 e. The summed E-state index contributed by atoms with van der Waals surface area (Å²) in [4.78, 5) is 35.3. The molecule has 4 rings (SSSR count). The Balaban J connectivity index is 1.19. The zero-order valence-corrected chi connectivity index (χ0v) is 17.6. The molecule has 1 heterocycles. The number of carbonyl (C=O) groups excluding carboxylic acids is 2. The molecule has 8 heteroatoms. The number of hydrogen-bond acceptors (Lipinski definition) is 5.